The molecule has 1 aliphatic carbocycles. The van der Waals surface area contributed by atoms with E-state index in [-0.39, 0.29) is 5.41 Å². The number of hydrogen-bond donors (Lipinski definition) is 0. The Labute approximate surface area is 790 Å². The maximum Gasteiger partial charge on any atom is 0.237 e. The van der Waals surface area contributed by atoms with E-state index in [2.05, 4.69) is 361 Å². The summed E-state index contributed by atoms with van der Waals surface area (Å²) < 4.78 is 16.6. The minimum atomic E-state index is -0.113. The highest BCUT2D eigenvalue weighted by atomic mass is 32.1. The lowest BCUT2D eigenvalue weighted by Gasteiger charge is -2.22. The quantitative estimate of drug-likeness (QED) is 0.160. The van der Waals surface area contributed by atoms with E-state index in [4.69, 9.17) is 44.9 Å². The fraction of sp³-hybridized carbons (Fsp3) is 0.0250. The number of pyridine rings is 3. The van der Waals surface area contributed by atoms with Gasteiger partial charge in [-0.15, -0.1) is 45.3 Å². The fourth-order valence-corrected chi connectivity index (χ4v) is 27.1. The molecule has 0 radical (unpaired) electrons. The number of hydrogen-bond acceptors (Lipinski definition) is 13. The molecule has 12 nitrogen and oxygen atoms in total. The summed E-state index contributed by atoms with van der Waals surface area (Å²) in [5.41, 5.74) is 19.9. The van der Waals surface area contributed by atoms with E-state index in [1.807, 2.05) is 100 Å². The summed E-state index contributed by atoms with van der Waals surface area (Å²) in [5, 5.41) is 27.5. The average molecular weight is 1810 g/mol. The van der Waals surface area contributed by atoms with Crippen molar-refractivity contribution in [3.05, 3.63) is 400 Å². The summed E-state index contributed by atoms with van der Waals surface area (Å²) >= 11 is 7.33. The van der Waals surface area contributed by atoms with E-state index in [1.165, 1.54) is 151 Å². The second-order valence-corrected chi connectivity index (χ2v) is 39.8. The first-order valence-electron chi connectivity index (χ1n) is 45.6. The molecule has 17 aromatic carbocycles. The van der Waals surface area contributed by atoms with E-state index in [1.54, 1.807) is 0 Å². The molecule has 0 saturated heterocycles. The predicted octanol–water partition coefficient (Wildman–Crippen LogP) is 32.6. The average Bonchev–Trinajstić information content (AvgIpc) is 1.54. The number of rotatable bonds is 6. The number of fused-ring (bicyclic) bond motifs is 39. The van der Waals surface area contributed by atoms with Gasteiger partial charge in [0.1, 0.15) is 16.9 Å². The van der Waals surface area contributed by atoms with Crippen LogP contribution < -0.4 is 0 Å². The molecule has 0 atom stereocenters. The normalized spacial score (nSPS) is 12.7. The zero-order valence-electron chi connectivity index (χ0n) is 72.9. The van der Waals surface area contributed by atoms with Gasteiger partial charge in [0.05, 0.1) is 64.3 Å². The third-order valence-electron chi connectivity index (χ3n) is 28.0. The molecule has 0 spiro atoms. The molecule has 16 heteroatoms. The Balaban J connectivity index is 0.0000000994. The number of nitrogens with zero attached hydrogens (tertiary/aromatic N) is 12. The van der Waals surface area contributed by atoms with Crippen molar-refractivity contribution in [2.45, 2.75) is 19.3 Å². The standard InChI is InChI=1S/C44H28N4S.C41H22N4S2.C35H20N4S/c1-44(2)33-18-8-5-12-26(33)27-22-21-25(24-34(27)44)39-30-15-6-9-19-35(30)46-43(47-39)48-40-37(32-17-11-23-45-42(32)48)28-13-3-4-14-29(28)38-31-16-7-10-20-36(31)49-41(38)40;1-2-13-25-24(12-1)34-29-18-10-22-42-40(29)45(37(34)39-35(25)28-15-5-8-21-33(28)47-39)41-43-31-19-6-3-14-27(31)36(44-41)30-17-9-16-26-23-11-4-7-20-32(23)46-38(26)30;1-2-11-21(12-3-1)31-24-15-6-8-18-27(24)37-35(38-31)39-32-29(26-17-10-20-36-34(26)39)22-13-4-5-14-23(22)30-25-16-7-9-19-28(25)40-33(30)32/h3-24H,1-2H3;1-22H;1-20H. The first-order valence-corrected chi connectivity index (χ1v) is 48.9. The third kappa shape index (κ3) is 11.2. The van der Waals surface area contributed by atoms with Gasteiger partial charge in [-0.2, -0.15) is 0 Å². The van der Waals surface area contributed by atoms with Crippen molar-refractivity contribution in [3.63, 3.8) is 0 Å². The van der Waals surface area contributed by atoms with Gasteiger partial charge >= 0.3 is 0 Å². The molecule has 0 fully saturated rings. The monoisotopic (exact) mass is 1810 g/mol. The Morgan fingerprint density at radius 2 is 0.529 bits per heavy atom. The first-order chi connectivity index (χ1) is 67.3. The van der Waals surface area contributed by atoms with E-state index in [0.29, 0.717) is 17.8 Å². The second kappa shape index (κ2) is 29.6. The fourth-order valence-electron chi connectivity index (χ4n) is 22.1. The number of para-hydroxylation sites is 3. The lowest BCUT2D eigenvalue weighted by atomic mass is 9.82. The van der Waals surface area contributed by atoms with E-state index in [9.17, 15) is 0 Å². The Morgan fingerprint density at radius 3 is 0.978 bits per heavy atom. The predicted molar refractivity (Wildman–Crippen MR) is 573 cm³/mol. The molecule has 13 aromatic heterocycles. The first kappa shape index (κ1) is 76.9. The summed E-state index contributed by atoms with van der Waals surface area (Å²) in [6.45, 7) is 4.66. The van der Waals surface area contributed by atoms with Crippen LogP contribution in [0.2, 0.25) is 0 Å². The van der Waals surface area contributed by atoms with Crippen LogP contribution in [0.25, 0.3) is 274 Å². The van der Waals surface area contributed by atoms with Gasteiger partial charge in [0.25, 0.3) is 0 Å². The Hall–Kier alpha value is -16.7. The van der Waals surface area contributed by atoms with Gasteiger partial charge in [-0.3, -0.25) is 13.7 Å². The lowest BCUT2D eigenvalue weighted by molar-refractivity contribution is 0.660. The molecule has 31 rings (SSSR count). The number of thiophene rings is 4. The van der Waals surface area contributed by atoms with Gasteiger partial charge in [-0.1, -0.05) is 299 Å². The summed E-state index contributed by atoms with van der Waals surface area (Å²) in [6, 6.07) is 131. The highest BCUT2D eigenvalue weighted by molar-refractivity contribution is 7.28. The minimum Gasteiger partial charge on any atom is -0.260 e. The Morgan fingerprint density at radius 1 is 0.213 bits per heavy atom. The van der Waals surface area contributed by atoms with Crippen molar-refractivity contribution < 1.29 is 0 Å². The summed E-state index contributed by atoms with van der Waals surface area (Å²) in [7, 11) is 0. The Kier molecular flexibility index (Phi) is 16.8. The summed E-state index contributed by atoms with van der Waals surface area (Å²) in [5.74, 6) is 1.89. The van der Waals surface area contributed by atoms with Crippen LogP contribution in [-0.4, -0.2) is 58.6 Å². The van der Waals surface area contributed by atoms with Crippen molar-refractivity contribution in [1.29, 1.82) is 0 Å². The maximum absolute atomic E-state index is 5.50. The summed E-state index contributed by atoms with van der Waals surface area (Å²) in [4.78, 5) is 47.0. The van der Waals surface area contributed by atoms with Crippen molar-refractivity contribution >= 4 is 257 Å². The molecule has 634 valence electrons. The molecule has 0 amide bonds. The third-order valence-corrected chi connectivity index (χ3v) is 32.7. The number of aromatic nitrogens is 12. The molecule has 13 heterocycles. The highest BCUT2D eigenvalue weighted by Gasteiger charge is 2.37. The van der Waals surface area contributed by atoms with Crippen molar-refractivity contribution in [3.8, 4) is 62.7 Å². The van der Waals surface area contributed by atoms with Crippen LogP contribution in [-0.2, 0) is 5.41 Å². The Bertz CT molecular complexity index is 10400. The van der Waals surface area contributed by atoms with Crippen LogP contribution in [0, 0.1) is 0 Å². The maximum atomic E-state index is 5.50. The zero-order chi connectivity index (χ0) is 89.3. The van der Waals surface area contributed by atoms with E-state index in [0.717, 1.165) is 116 Å². The summed E-state index contributed by atoms with van der Waals surface area (Å²) in [6.07, 6.45) is 5.62. The van der Waals surface area contributed by atoms with E-state index >= 15 is 0 Å². The zero-order valence-corrected chi connectivity index (χ0v) is 76.2. The van der Waals surface area contributed by atoms with Crippen LogP contribution in [0.4, 0.5) is 0 Å². The molecular formula is C120H70N12S4. The van der Waals surface area contributed by atoms with Crippen LogP contribution in [0.1, 0.15) is 25.0 Å². The highest BCUT2D eigenvalue weighted by Crippen LogP contribution is 2.55. The molecule has 136 heavy (non-hydrogen) atoms. The minimum absolute atomic E-state index is 0.113. The molecule has 30 aromatic rings. The molecular weight excluding hydrogens is 1740 g/mol. The smallest absolute Gasteiger partial charge is 0.237 e. The molecule has 0 N–H and O–H groups in total. The molecule has 0 unspecified atom stereocenters. The second-order valence-electron chi connectivity index (χ2n) is 35.6. The topological polar surface area (TPSA) is 131 Å². The molecule has 1 aliphatic rings. The van der Waals surface area contributed by atoms with Crippen LogP contribution in [0.5, 0.6) is 0 Å². The van der Waals surface area contributed by atoms with E-state index < -0.39 is 0 Å². The molecule has 0 saturated carbocycles. The van der Waals surface area contributed by atoms with Crippen LogP contribution in [0.3, 0.4) is 0 Å². The van der Waals surface area contributed by atoms with Gasteiger partial charge in [-0.05, 0) is 140 Å². The SMILES string of the molecule is CC1(C)c2ccccc2-c2ccc(-c3nc(-n4c5ncccc5c5c6ccccc6c6c7ccccc7sc6c54)nc4ccccc34)cc21.c1ccc(-c2nc(-n3c4ncccc4c4c5ccccc5c5c6ccccc6sc5c43)nc3ccccc23)cc1.c1ccc2c(-c3cccc4c3sc3ccccc34)nc(-n3c4ncccc4c4c5ccccc5c5c6ccccc6sc5c43)nc2c1. The van der Waals surface area contributed by atoms with Crippen molar-refractivity contribution in [1.82, 2.24) is 58.6 Å². The van der Waals surface area contributed by atoms with Gasteiger partial charge < -0.3 is 0 Å². The van der Waals surface area contributed by atoms with Gasteiger partial charge in [0.2, 0.25) is 17.8 Å². The molecule has 0 aliphatic heterocycles. The van der Waals surface area contributed by atoms with Gasteiger partial charge in [-0.25, -0.2) is 44.9 Å². The van der Waals surface area contributed by atoms with Crippen molar-refractivity contribution in [2.24, 2.45) is 0 Å². The van der Waals surface area contributed by atoms with Crippen LogP contribution in [0.15, 0.2) is 389 Å². The number of benzene rings is 17. The van der Waals surface area contributed by atoms with Gasteiger partial charge in [0, 0.05) is 156 Å². The van der Waals surface area contributed by atoms with Crippen molar-refractivity contribution in [2.75, 3.05) is 0 Å². The van der Waals surface area contributed by atoms with Crippen LogP contribution >= 0.6 is 45.3 Å². The lowest BCUT2D eigenvalue weighted by Crippen LogP contribution is -2.15. The largest absolute Gasteiger partial charge is 0.260 e. The van der Waals surface area contributed by atoms with Gasteiger partial charge in [0.15, 0.2) is 0 Å². The molecule has 0 bridgehead atoms.